The fourth-order valence-corrected chi connectivity index (χ4v) is 7.23. The molecular formula is C33H36N2O7S. The summed E-state index contributed by atoms with van der Waals surface area (Å²) in [6.07, 6.45) is 2.89. The molecule has 43 heavy (non-hydrogen) atoms. The molecule has 0 radical (unpaired) electrons. The average Bonchev–Trinajstić information content (AvgIpc) is 3.37. The molecule has 0 fully saturated rings. The largest absolute Gasteiger partial charge is 0.480 e. The first-order chi connectivity index (χ1) is 20.6. The van der Waals surface area contributed by atoms with Gasteiger partial charge in [0.15, 0.2) is 0 Å². The minimum absolute atomic E-state index is 0.00332. The van der Waals surface area contributed by atoms with Crippen molar-refractivity contribution >= 4 is 21.7 Å². The highest BCUT2D eigenvalue weighted by atomic mass is 32.2. The number of hydrogen-bond donors (Lipinski definition) is 3. The maximum atomic E-state index is 13.2. The molecule has 5 rings (SSSR count). The van der Waals surface area contributed by atoms with E-state index in [2.05, 4.69) is 16.1 Å². The molecule has 1 unspecified atom stereocenters. The van der Waals surface area contributed by atoms with Crippen molar-refractivity contribution in [3.05, 3.63) is 106 Å². The van der Waals surface area contributed by atoms with E-state index in [9.17, 15) is 18.3 Å². The summed E-state index contributed by atoms with van der Waals surface area (Å²) in [5.74, 6) is -1.24. The van der Waals surface area contributed by atoms with Crippen LogP contribution in [0, 0.1) is 20.8 Å². The first-order valence-electron chi connectivity index (χ1n) is 14.2. The topological polar surface area (TPSA) is 123 Å². The van der Waals surface area contributed by atoms with Gasteiger partial charge < -0.3 is 20.0 Å². The lowest BCUT2D eigenvalue weighted by molar-refractivity contribution is -0.312. The Labute approximate surface area is 252 Å². The van der Waals surface area contributed by atoms with Crippen molar-refractivity contribution in [2.75, 3.05) is 11.9 Å². The SMILES string of the molecule is CCOC1OOC=C1C1=C(Nc2cccc(-c3ccc(C[C@H](NS(=O)(=O)c4c(C)cc(C)cc4C)C(=O)O)cc3)c2)CC1. The second kappa shape index (κ2) is 12.7. The maximum absolute atomic E-state index is 13.2. The number of carbonyl (C=O) groups is 1. The average molecular weight is 605 g/mol. The van der Waals surface area contributed by atoms with Gasteiger partial charge in [-0.3, -0.25) is 4.79 Å². The van der Waals surface area contributed by atoms with Crippen LogP contribution in [-0.2, 0) is 35.8 Å². The Morgan fingerprint density at radius 2 is 1.74 bits per heavy atom. The number of sulfonamides is 1. The van der Waals surface area contributed by atoms with Crippen LogP contribution < -0.4 is 10.0 Å². The van der Waals surface area contributed by atoms with Crippen molar-refractivity contribution in [3.8, 4) is 11.1 Å². The van der Waals surface area contributed by atoms with Crippen molar-refractivity contribution < 1.29 is 32.8 Å². The number of carboxylic acids is 1. The van der Waals surface area contributed by atoms with E-state index < -0.39 is 28.3 Å². The van der Waals surface area contributed by atoms with E-state index in [1.807, 2.05) is 56.3 Å². The molecule has 1 aliphatic carbocycles. The van der Waals surface area contributed by atoms with E-state index in [0.29, 0.717) is 23.3 Å². The van der Waals surface area contributed by atoms with Crippen LogP contribution in [0.1, 0.15) is 42.0 Å². The van der Waals surface area contributed by atoms with E-state index in [-0.39, 0.29) is 11.3 Å². The highest BCUT2D eigenvalue weighted by Gasteiger charge is 2.32. The van der Waals surface area contributed by atoms with Gasteiger partial charge in [-0.05, 0) is 92.5 Å². The summed E-state index contributed by atoms with van der Waals surface area (Å²) in [7, 11) is -4.05. The number of nitrogens with one attached hydrogen (secondary N) is 2. The quantitative estimate of drug-likeness (QED) is 0.218. The molecule has 2 atom stereocenters. The summed E-state index contributed by atoms with van der Waals surface area (Å²) in [5.41, 5.74) is 8.78. The second-order valence-electron chi connectivity index (χ2n) is 10.9. The van der Waals surface area contributed by atoms with Crippen LogP contribution >= 0.6 is 0 Å². The summed E-state index contributed by atoms with van der Waals surface area (Å²) < 4.78 is 34.4. The number of carboxylic acid groups (broad SMARTS) is 1. The number of anilines is 1. The molecule has 1 aliphatic heterocycles. The molecule has 3 aromatic carbocycles. The molecule has 10 heteroatoms. The molecule has 9 nitrogen and oxygen atoms in total. The van der Waals surface area contributed by atoms with E-state index in [1.165, 1.54) is 0 Å². The Balaban J connectivity index is 1.28. The molecule has 0 saturated heterocycles. The van der Waals surface area contributed by atoms with Crippen LogP contribution in [0.4, 0.5) is 5.69 Å². The van der Waals surface area contributed by atoms with E-state index >= 15 is 0 Å². The minimum Gasteiger partial charge on any atom is -0.480 e. The van der Waals surface area contributed by atoms with Crippen molar-refractivity contribution in [3.63, 3.8) is 0 Å². The predicted octanol–water partition coefficient (Wildman–Crippen LogP) is 5.92. The van der Waals surface area contributed by atoms with Gasteiger partial charge in [-0.2, -0.15) is 9.61 Å². The Bertz CT molecular complexity index is 1670. The van der Waals surface area contributed by atoms with E-state index in [1.54, 1.807) is 32.2 Å². The zero-order chi connectivity index (χ0) is 30.7. The molecular weight excluding hydrogens is 568 g/mol. The van der Waals surface area contributed by atoms with E-state index in [4.69, 9.17) is 14.5 Å². The Morgan fingerprint density at radius 3 is 2.37 bits per heavy atom. The van der Waals surface area contributed by atoms with Crippen LogP contribution in [0.5, 0.6) is 0 Å². The van der Waals surface area contributed by atoms with Crippen molar-refractivity contribution in [1.29, 1.82) is 0 Å². The number of allylic oxidation sites excluding steroid dienone is 1. The summed E-state index contributed by atoms with van der Waals surface area (Å²) in [4.78, 5) is 22.4. The summed E-state index contributed by atoms with van der Waals surface area (Å²) >= 11 is 0. The maximum Gasteiger partial charge on any atom is 0.322 e. The van der Waals surface area contributed by atoms with Gasteiger partial charge in [0.1, 0.15) is 12.3 Å². The lowest BCUT2D eigenvalue weighted by atomic mass is 9.88. The van der Waals surface area contributed by atoms with Gasteiger partial charge in [0, 0.05) is 18.0 Å². The summed E-state index contributed by atoms with van der Waals surface area (Å²) in [5, 5.41) is 13.4. The number of aliphatic carboxylic acids is 1. The number of hydrogen-bond acceptors (Lipinski definition) is 7. The third-order valence-corrected chi connectivity index (χ3v) is 9.36. The van der Waals surface area contributed by atoms with E-state index in [0.717, 1.165) is 52.1 Å². The first-order valence-corrected chi connectivity index (χ1v) is 15.7. The smallest absolute Gasteiger partial charge is 0.322 e. The number of aryl methyl sites for hydroxylation is 3. The van der Waals surface area contributed by atoms with Crippen molar-refractivity contribution in [2.45, 2.75) is 64.2 Å². The van der Waals surface area contributed by atoms with Crippen molar-refractivity contribution in [2.24, 2.45) is 0 Å². The Morgan fingerprint density at radius 1 is 1.02 bits per heavy atom. The van der Waals surface area contributed by atoms with Gasteiger partial charge in [-0.1, -0.05) is 54.1 Å². The van der Waals surface area contributed by atoms with Crippen LogP contribution in [0.2, 0.25) is 0 Å². The van der Waals surface area contributed by atoms with Gasteiger partial charge in [-0.15, -0.1) is 0 Å². The zero-order valence-electron chi connectivity index (χ0n) is 24.6. The molecule has 3 N–H and O–H groups in total. The number of benzene rings is 3. The fraction of sp³-hybridized carbons (Fsp3) is 0.303. The third kappa shape index (κ3) is 6.83. The molecule has 0 saturated carbocycles. The molecule has 2 aliphatic rings. The van der Waals surface area contributed by atoms with Crippen LogP contribution in [0.15, 0.2) is 88.7 Å². The van der Waals surface area contributed by atoms with Gasteiger partial charge in [-0.25, -0.2) is 8.42 Å². The molecule has 0 amide bonds. The molecule has 3 aromatic rings. The standard InChI is InChI=1S/C33H36N2O7S/c1-5-40-33-28(19-41-42-33)27-13-14-29(27)34-26-8-6-7-25(18-26)24-11-9-23(10-12-24)17-30(32(36)37)35-43(38,39)31-21(3)15-20(2)16-22(31)4/h6-12,15-16,18-19,30,33-35H,5,13-14,17H2,1-4H3,(H,36,37)/t30-,33?/m0/s1. The summed E-state index contributed by atoms with van der Waals surface area (Å²) in [6, 6.07) is 17.7. The highest BCUT2D eigenvalue weighted by Crippen LogP contribution is 2.39. The summed E-state index contributed by atoms with van der Waals surface area (Å²) in [6.45, 7) is 7.74. The molecule has 0 spiro atoms. The molecule has 1 heterocycles. The monoisotopic (exact) mass is 604 g/mol. The Hall–Kier alpha value is -3.96. The molecule has 0 aromatic heterocycles. The van der Waals surface area contributed by atoms with Gasteiger partial charge in [0.25, 0.3) is 0 Å². The van der Waals surface area contributed by atoms with Gasteiger partial charge in [0.2, 0.25) is 16.3 Å². The van der Waals surface area contributed by atoms with Crippen molar-refractivity contribution in [1.82, 2.24) is 4.72 Å². The Kier molecular flexibility index (Phi) is 9.03. The lowest BCUT2D eigenvalue weighted by Gasteiger charge is -2.27. The second-order valence-corrected chi connectivity index (χ2v) is 12.5. The third-order valence-electron chi connectivity index (χ3n) is 7.58. The molecule has 226 valence electrons. The molecule has 0 bridgehead atoms. The lowest BCUT2D eigenvalue weighted by Crippen LogP contribution is -2.42. The zero-order valence-corrected chi connectivity index (χ0v) is 25.5. The fourth-order valence-electron chi connectivity index (χ4n) is 5.59. The van der Waals surface area contributed by atoms with Crippen LogP contribution in [0.25, 0.3) is 11.1 Å². The minimum atomic E-state index is -4.05. The highest BCUT2D eigenvalue weighted by molar-refractivity contribution is 7.89. The van der Waals surface area contributed by atoms with Gasteiger partial charge >= 0.3 is 5.97 Å². The number of ether oxygens (including phenoxy) is 1. The predicted molar refractivity (Wildman–Crippen MR) is 164 cm³/mol. The van der Waals surface area contributed by atoms with Crippen LogP contribution in [-0.4, -0.2) is 38.4 Å². The van der Waals surface area contributed by atoms with Crippen LogP contribution in [0.3, 0.4) is 0 Å². The first kappa shape index (κ1) is 30.5. The normalized spacial score (nSPS) is 17.2. The van der Waals surface area contributed by atoms with Gasteiger partial charge in [0.05, 0.1) is 10.5 Å². The number of rotatable bonds is 12.